The minimum absolute atomic E-state index is 0.146. The monoisotopic (exact) mass is 586 g/mol. The lowest BCUT2D eigenvalue weighted by Crippen LogP contribution is -2.38. The number of rotatable bonds is 7. The van der Waals surface area contributed by atoms with Crippen LogP contribution in [0.5, 0.6) is 11.5 Å². The molecule has 2 amide bonds. The highest BCUT2D eigenvalue weighted by Crippen LogP contribution is 2.49. The van der Waals surface area contributed by atoms with Crippen LogP contribution < -0.4 is 9.47 Å². The van der Waals surface area contributed by atoms with Gasteiger partial charge >= 0.3 is 0 Å². The zero-order valence-electron chi connectivity index (χ0n) is 18.6. The third kappa shape index (κ3) is 4.33. The Hall–Kier alpha value is -2.45. The van der Waals surface area contributed by atoms with Crippen molar-refractivity contribution in [2.45, 2.75) is 26.4 Å². The summed E-state index contributed by atoms with van der Waals surface area (Å²) in [4.78, 5) is 26.0. The minimum Gasteiger partial charge on any atom is -0.490 e. The highest BCUT2D eigenvalue weighted by Gasteiger charge is 2.56. The van der Waals surface area contributed by atoms with Crippen molar-refractivity contribution >= 4 is 49.9 Å². The Morgan fingerprint density at radius 2 is 1.65 bits per heavy atom. The zero-order chi connectivity index (χ0) is 23.8. The van der Waals surface area contributed by atoms with Gasteiger partial charge in [-0.25, -0.2) is 0 Å². The van der Waals surface area contributed by atoms with E-state index in [1.165, 1.54) is 6.21 Å². The Labute approximate surface area is 215 Å². The number of fused-ring (bicyclic) bond motifs is 1. The lowest BCUT2D eigenvalue weighted by Gasteiger charge is -2.37. The molecule has 2 aromatic rings. The average Bonchev–Trinajstić information content (AvgIpc) is 3.11. The number of hydrogen-bond acceptors (Lipinski definition) is 5. The first-order valence-electron chi connectivity index (χ1n) is 11.4. The number of allylic oxidation sites excluding steroid dienone is 2. The zero-order valence-corrected chi connectivity index (χ0v) is 21.8. The van der Waals surface area contributed by atoms with Gasteiger partial charge in [0, 0.05) is 4.47 Å². The quantitative estimate of drug-likeness (QED) is 0.236. The first-order valence-corrected chi connectivity index (χ1v) is 13.0. The van der Waals surface area contributed by atoms with Gasteiger partial charge in [-0.05, 0) is 82.9 Å². The smallest absolute Gasteiger partial charge is 0.254 e. The van der Waals surface area contributed by atoms with E-state index >= 15 is 0 Å². The van der Waals surface area contributed by atoms with Gasteiger partial charge in [-0.1, -0.05) is 40.2 Å². The fraction of sp³-hybridized carbons (Fsp3) is 0.346. The number of amides is 2. The summed E-state index contributed by atoms with van der Waals surface area (Å²) < 4.78 is 13.6. The second-order valence-corrected chi connectivity index (χ2v) is 10.5. The highest BCUT2D eigenvalue weighted by molar-refractivity contribution is 9.10. The van der Waals surface area contributed by atoms with E-state index in [-0.39, 0.29) is 35.5 Å². The van der Waals surface area contributed by atoms with Gasteiger partial charge in [-0.2, -0.15) is 10.1 Å². The van der Waals surface area contributed by atoms with E-state index in [0.29, 0.717) is 34.7 Å². The third-order valence-corrected chi connectivity index (χ3v) is 7.80. The summed E-state index contributed by atoms with van der Waals surface area (Å²) in [5, 5.41) is 5.38. The molecular weight excluding hydrogens is 564 g/mol. The summed E-state index contributed by atoms with van der Waals surface area (Å²) in [6.07, 6.45) is 7.67. The Balaban J connectivity index is 1.35. The lowest BCUT2D eigenvalue weighted by molar-refractivity contribution is -0.140. The number of halogens is 2. The van der Waals surface area contributed by atoms with Crippen LogP contribution >= 0.6 is 31.9 Å². The molecule has 4 aliphatic rings. The van der Waals surface area contributed by atoms with Crippen LogP contribution in [0.2, 0.25) is 0 Å². The van der Waals surface area contributed by atoms with Crippen LogP contribution in [0, 0.1) is 23.7 Å². The van der Waals surface area contributed by atoms with E-state index in [0.717, 1.165) is 27.9 Å². The van der Waals surface area contributed by atoms with Crippen LogP contribution in [-0.2, 0) is 16.2 Å². The molecule has 176 valence electrons. The van der Waals surface area contributed by atoms with Crippen LogP contribution in [0.15, 0.2) is 62.6 Å². The van der Waals surface area contributed by atoms with Crippen molar-refractivity contribution in [2.75, 3.05) is 6.61 Å². The molecule has 0 unspecified atom stereocenters. The normalized spacial score (nSPS) is 25.3. The molecule has 34 heavy (non-hydrogen) atoms. The molecule has 2 aromatic carbocycles. The van der Waals surface area contributed by atoms with Crippen molar-refractivity contribution in [3.8, 4) is 11.5 Å². The van der Waals surface area contributed by atoms with Gasteiger partial charge in [0.05, 0.1) is 29.1 Å². The summed E-state index contributed by atoms with van der Waals surface area (Å²) >= 11 is 7.01. The first kappa shape index (κ1) is 23.3. The summed E-state index contributed by atoms with van der Waals surface area (Å²) in [7, 11) is 0. The van der Waals surface area contributed by atoms with Crippen molar-refractivity contribution in [3.63, 3.8) is 0 Å². The molecule has 1 saturated carbocycles. The second kappa shape index (κ2) is 9.66. The fourth-order valence-electron chi connectivity index (χ4n) is 5.10. The topological polar surface area (TPSA) is 68.2 Å². The van der Waals surface area contributed by atoms with E-state index in [1.807, 2.05) is 37.3 Å². The molecule has 0 N–H and O–H groups in total. The number of carbonyl (C=O) groups excluding carboxylic acids is 2. The number of imide groups is 1. The molecule has 2 bridgehead atoms. The number of nitrogens with zero attached hydrogens (tertiary/aromatic N) is 2. The molecule has 0 spiro atoms. The molecular formula is C26H24Br2N2O4. The van der Waals surface area contributed by atoms with Crippen molar-refractivity contribution < 1.29 is 19.1 Å². The van der Waals surface area contributed by atoms with Crippen LogP contribution in [0.25, 0.3) is 0 Å². The largest absolute Gasteiger partial charge is 0.490 e. The van der Waals surface area contributed by atoms with E-state index in [2.05, 4.69) is 49.1 Å². The highest BCUT2D eigenvalue weighted by atomic mass is 79.9. The number of hydrazone groups is 1. The van der Waals surface area contributed by atoms with Crippen LogP contribution in [0.4, 0.5) is 0 Å². The third-order valence-electron chi connectivity index (χ3n) is 6.69. The van der Waals surface area contributed by atoms with E-state index in [1.54, 1.807) is 6.07 Å². The van der Waals surface area contributed by atoms with Gasteiger partial charge in [0.25, 0.3) is 11.8 Å². The van der Waals surface area contributed by atoms with Crippen molar-refractivity contribution in [1.29, 1.82) is 0 Å². The minimum atomic E-state index is -0.270. The predicted molar refractivity (Wildman–Crippen MR) is 136 cm³/mol. The molecule has 1 saturated heterocycles. The molecule has 1 heterocycles. The maximum Gasteiger partial charge on any atom is 0.254 e. The summed E-state index contributed by atoms with van der Waals surface area (Å²) in [6.45, 7) is 2.75. The molecule has 2 fully saturated rings. The number of carbonyl (C=O) groups is 2. The van der Waals surface area contributed by atoms with E-state index in [9.17, 15) is 9.59 Å². The van der Waals surface area contributed by atoms with Crippen LogP contribution in [0.1, 0.15) is 30.9 Å². The molecule has 0 radical (unpaired) electrons. The average molecular weight is 588 g/mol. The van der Waals surface area contributed by atoms with Gasteiger partial charge in [-0.3, -0.25) is 9.59 Å². The Bertz CT molecular complexity index is 1150. The second-order valence-electron chi connectivity index (χ2n) is 8.75. The van der Waals surface area contributed by atoms with E-state index < -0.39 is 0 Å². The SMILES string of the molecule is CCOc1cc(/C=N\N2C(=O)[C@H]3[C@H](C2=O)[C@H]2C=C[C@H]3CC2)cc(Br)c1OCc1ccc(Br)cc1. The molecule has 8 heteroatoms. The summed E-state index contributed by atoms with van der Waals surface area (Å²) in [6, 6.07) is 11.6. The number of ether oxygens (including phenoxy) is 2. The van der Waals surface area contributed by atoms with Gasteiger partial charge in [0.1, 0.15) is 6.61 Å². The van der Waals surface area contributed by atoms with Gasteiger partial charge < -0.3 is 9.47 Å². The van der Waals surface area contributed by atoms with Crippen molar-refractivity contribution in [2.24, 2.45) is 28.8 Å². The fourth-order valence-corrected chi connectivity index (χ4v) is 5.94. The molecule has 0 aromatic heterocycles. The van der Waals surface area contributed by atoms with E-state index in [4.69, 9.17) is 9.47 Å². The summed E-state index contributed by atoms with van der Waals surface area (Å²) in [5.74, 6) is 0.518. The Morgan fingerprint density at radius 1 is 1.00 bits per heavy atom. The molecule has 1 aliphatic heterocycles. The summed E-state index contributed by atoms with van der Waals surface area (Å²) in [5.41, 5.74) is 1.72. The molecule has 6 nitrogen and oxygen atoms in total. The molecule has 4 atom stereocenters. The standard InChI is InChI=1S/C26H24Br2N2O4/c1-2-33-21-12-16(11-20(28)24(21)34-14-15-3-9-19(27)10-4-15)13-29-30-25(31)22-17-5-6-18(8-7-17)23(22)26(30)32/h3-6,9-13,17-18,22-23H,2,7-8,14H2,1H3/b29-13-/t17-,18-,22+,23+/m0/s1. The Kier molecular flexibility index (Phi) is 6.62. The maximum absolute atomic E-state index is 13.0. The molecule has 3 aliphatic carbocycles. The predicted octanol–water partition coefficient (Wildman–Crippen LogP) is 5.72. The van der Waals surface area contributed by atoms with Crippen molar-refractivity contribution in [1.82, 2.24) is 5.01 Å². The van der Waals surface area contributed by atoms with Crippen molar-refractivity contribution in [3.05, 3.63) is 68.6 Å². The first-order chi connectivity index (χ1) is 16.5. The van der Waals surface area contributed by atoms with Gasteiger partial charge in [0.15, 0.2) is 11.5 Å². The maximum atomic E-state index is 13.0. The van der Waals surface area contributed by atoms with Crippen LogP contribution in [0.3, 0.4) is 0 Å². The Morgan fingerprint density at radius 3 is 2.24 bits per heavy atom. The lowest BCUT2D eigenvalue weighted by atomic mass is 9.63. The van der Waals surface area contributed by atoms with Crippen LogP contribution in [-0.4, -0.2) is 29.6 Å². The van der Waals surface area contributed by atoms with Gasteiger partial charge in [-0.15, -0.1) is 0 Å². The molecule has 6 rings (SSSR count). The number of benzene rings is 2. The number of hydrogen-bond donors (Lipinski definition) is 0. The van der Waals surface area contributed by atoms with Gasteiger partial charge in [0.2, 0.25) is 0 Å².